The van der Waals surface area contributed by atoms with Crippen molar-refractivity contribution in [2.24, 2.45) is 0 Å². The molecule has 0 saturated heterocycles. The average Bonchev–Trinajstić information content (AvgIpc) is 2.36. The highest BCUT2D eigenvalue weighted by Gasteiger charge is 2.26. The Hall–Kier alpha value is -0.300. The number of alkyl halides is 3. The van der Waals surface area contributed by atoms with Gasteiger partial charge < -0.3 is 0 Å². The Morgan fingerprint density at radius 1 is 1.50 bits per heavy atom. The first-order valence-corrected chi connectivity index (χ1v) is 4.76. The maximum atomic E-state index is 11.6. The zero-order chi connectivity index (χ0) is 9.03. The lowest BCUT2D eigenvalue weighted by Gasteiger charge is -2.03. The van der Waals surface area contributed by atoms with Crippen molar-refractivity contribution < 1.29 is 13.2 Å². The molecule has 1 aromatic rings. The highest BCUT2D eigenvalue weighted by Crippen LogP contribution is 2.24. The number of nitrogens with zero attached hydrogens (tertiary/aromatic N) is 2. The minimum absolute atomic E-state index is 0.00884. The molecule has 12 heavy (non-hydrogen) atoms. The summed E-state index contributed by atoms with van der Waals surface area (Å²) in [6, 6.07) is 0. The number of rotatable bonds is 3. The second-order valence-electron chi connectivity index (χ2n) is 1.96. The molecule has 0 spiro atoms. The van der Waals surface area contributed by atoms with E-state index in [1.807, 2.05) is 0 Å². The maximum Gasteiger partial charge on any atom is 0.389 e. The first-order chi connectivity index (χ1) is 5.58. The predicted molar refractivity (Wildman–Crippen MR) is 41.3 cm³/mol. The minimum Gasteiger partial charge on any atom is -0.180 e. The van der Waals surface area contributed by atoms with Crippen LogP contribution in [0.3, 0.4) is 0 Å². The van der Waals surface area contributed by atoms with Gasteiger partial charge in [0.25, 0.3) is 0 Å². The van der Waals surface area contributed by atoms with Gasteiger partial charge in [0.15, 0.2) is 0 Å². The fourth-order valence-electron chi connectivity index (χ4n) is 0.491. The number of thioether (sulfide) groups is 1. The summed E-state index contributed by atoms with van der Waals surface area (Å²) in [5.74, 6) is 0.00884. The Bertz CT molecular complexity index is 221. The van der Waals surface area contributed by atoms with Crippen molar-refractivity contribution in [3.05, 3.63) is 6.20 Å². The van der Waals surface area contributed by atoms with E-state index in [2.05, 4.69) is 8.75 Å². The molecule has 0 amide bonds. The van der Waals surface area contributed by atoms with Gasteiger partial charge in [-0.2, -0.15) is 21.9 Å². The molecule has 0 atom stereocenters. The average molecular weight is 214 g/mol. The monoisotopic (exact) mass is 214 g/mol. The standard InChI is InChI=1S/C5H5F3N2S2/c6-5(7,8)1-2-11-4-3-9-12-10-4/h3H,1-2H2. The summed E-state index contributed by atoms with van der Waals surface area (Å²) in [4.78, 5) is 0. The fraction of sp³-hybridized carbons (Fsp3) is 0.600. The van der Waals surface area contributed by atoms with Gasteiger partial charge in [-0.15, -0.1) is 11.8 Å². The summed E-state index contributed by atoms with van der Waals surface area (Å²) in [6.07, 6.45) is -3.39. The van der Waals surface area contributed by atoms with E-state index in [9.17, 15) is 13.2 Å². The molecule has 0 aromatic carbocycles. The molecule has 0 aliphatic carbocycles. The van der Waals surface area contributed by atoms with Crippen molar-refractivity contribution in [1.82, 2.24) is 8.75 Å². The van der Waals surface area contributed by atoms with E-state index in [1.165, 1.54) is 6.20 Å². The summed E-state index contributed by atoms with van der Waals surface area (Å²) in [7, 11) is 0. The van der Waals surface area contributed by atoms with E-state index in [-0.39, 0.29) is 5.75 Å². The molecule has 7 heteroatoms. The molecule has 0 N–H and O–H groups in total. The Labute approximate surface area is 75.5 Å². The van der Waals surface area contributed by atoms with Crippen LogP contribution in [-0.2, 0) is 0 Å². The largest absolute Gasteiger partial charge is 0.389 e. The van der Waals surface area contributed by atoms with Gasteiger partial charge in [-0.25, -0.2) is 0 Å². The van der Waals surface area contributed by atoms with Gasteiger partial charge in [0.1, 0.15) is 5.03 Å². The van der Waals surface area contributed by atoms with Crippen LogP contribution in [0.15, 0.2) is 11.2 Å². The minimum atomic E-state index is -4.07. The van der Waals surface area contributed by atoms with E-state index in [1.54, 1.807) is 0 Å². The van der Waals surface area contributed by atoms with Gasteiger partial charge in [0, 0.05) is 5.75 Å². The SMILES string of the molecule is FC(F)(F)CCSc1cnsn1. The second kappa shape index (κ2) is 4.08. The van der Waals surface area contributed by atoms with Gasteiger partial charge in [-0.3, -0.25) is 0 Å². The molecule has 0 fully saturated rings. The third kappa shape index (κ3) is 3.91. The molecule has 0 radical (unpaired) electrons. The van der Waals surface area contributed by atoms with Crippen LogP contribution in [0.25, 0.3) is 0 Å². The molecule has 0 unspecified atom stereocenters. The zero-order valence-corrected chi connectivity index (χ0v) is 7.47. The third-order valence-corrected chi connectivity index (χ3v) is 2.47. The molecule has 0 saturated carbocycles. The highest BCUT2D eigenvalue weighted by atomic mass is 32.2. The number of hydrogen-bond donors (Lipinski definition) is 0. The fourth-order valence-corrected chi connectivity index (χ4v) is 1.86. The molecule has 1 heterocycles. The summed E-state index contributed by atoms with van der Waals surface area (Å²) in [5.41, 5.74) is 0. The van der Waals surface area contributed by atoms with Crippen molar-refractivity contribution in [3.63, 3.8) is 0 Å². The van der Waals surface area contributed by atoms with Crippen LogP contribution in [0.2, 0.25) is 0 Å². The number of aromatic nitrogens is 2. The molecule has 0 aliphatic rings. The van der Waals surface area contributed by atoms with Gasteiger partial charge in [0.05, 0.1) is 24.3 Å². The second-order valence-corrected chi connectivity index (χ2v) is 3.63. The van der Waals surface area contributed by atoms with Crippen LogP contribution in [0.1, 0.15) is 6.42 Å². The van der Waals surface area contributed by atoms with E-state index in [0.29, 0.717) is 5.03 Å². The molecule has 0 aliphatic heterocycles. The Morgan fingerprint density at radius 2 is 2.25 bits per heavy atom. The molecule has 1 rings (SSSR count). The maximum absolute atomic E-state index is 11.6. The molecular weight excluding hydrogens is 209 g/mol. The van der Waals surface area contributed by atoms with Crippen LogP contribution in [-0.4, -0.2) is 20.7 Å². The van der Waals surface area contributed by atoms with Crippen LogP contribution in [0.4, 0.5) is 13.2 Å². The van der Waals surface area contributed by atoms with Crippen molar-refractivity contribution in [2.45, 2.75) is 17.6 Å². The molecule has 1 aromatic heterocycles. The summed E-state index contributed by atoms with van der Waals surface area (Å²) in [6.45, 7) is 0. The van der Waals surface area contributed by atoms with Crippen LogP contribution in [0, 0.1) is 0 Å². The van der Waals surface area contributed by atoms with Crippen molar-refractivity contribution in [2.75, 3.05) is 5.75 Å². The van der Waals surface area contributed by atoms with Gasteiger partial charge in [0.2, 0.25) is 0 Å². The Balaban J connectivity index is 2.20. The smallest absolute Gasteiger partial charge is 0.180 e. The van der Waals surface area contributed by atoms with Crippen LogP contribution >= 0.6 is 23.5 Å². The topological polar surface area (TPSA) is 25.8 Å². The van der Waals surface area contributed by atoms with Gasteiger partial charge in [-0.1, -0.05) is 0 Å². The van der Waals surface area contributed by atoms with Crippen LogP contribution < -0.4 is 0 Å². The highest BCUT2D eigenvalue weighted by molar-refractivity contribution is 7.99. The third-order valence-electron chi connectivity index (χ3n) is 0.977. The molecular formula is C5H5F3N2S2. The Kier molecular flexibility index (Phi) is 3.33. The van der Waals surface area contributed by atoms with E-state index >= 15 is 0 Å². The summed E-state index contributed by atoms with van der Waals surface area (Å²) >= 11 is 2.07. The normalized spacial score (nSPS) is 11.9. The van der Waals surface area contributed by atoms with Crippen molar-refractivity contribution in [3.8, 4) is 0 Å². The van der Waals surface area contributed by atoms with Crippen LogP contribution in [0.5, 0.6) is 0 Å². The molecule has 68 valence electrons. The lowest BCUT2D eigenvalue weighted by atomic mass is 10.5. The van der Waals surface area contributed by atoms with Crippen molar-refractivity contribution >= 4 is 23.5 Å². The van der Waals surface area contributed by atoms with E-state index in [0.717, 1.165) is 23.5 Å². The quantitative estimate of drug-likeness (QED) is 0.723. The first-order valence-electron chi connectivity index (χ1n) is 3.05. The van der Waals surface area contributed by atoms with Crippen molar-refractivity contribution in [1.29, 1.82) is 0 Å². The summed E-state index contributed by atoms with van der Waals surface area (Å²) < 4.78 is 42.3. The summed E-state index contributed by atoms with van der Waals surface area (Å²) in [5, 5.41) is 0.559. The van der Waals surface area contributed by atoms with E-state index in [4.69, 9.17) is 0 Å². The van der Waals surface area contributed by atoms with Gasteiger partial charge in [-0.05, 0) is 0 Å². The predicted octanol–water partition coefficient (Wildman–Crippen LogP) is 2.58. The zero-order valence-electron chi connectivity index (χ0n) is 5.84. The molecule has 0 bridgehead atoms. The number of halogens is 3. The van der Waals surface area contributed by atoms with Gasteiger partial charge >= 0.3 is 6.18 Å². The lowest BCUT2D eigenvalue weighted by Crippen LogP contribution is -2.07. The first kappa shape index (κ1) is 9.79. The van der Waals surface area contributed by atoms with E-state index < -0.39 is 12.6 Å². The lowest BCUT2D eigenvalue weighted by molar-refractivity contribution is -0.129. The number of hydrogen-bond acceptors (Lipinski definition) is 4. The molecule has 2 nitrogen and oxygen atoms in total. The Morgan fingerprint density at radius 3 is 2.75 bits per heavy atom.